The number of aromatic nitrogens is 3. The lowest BCUT2D eigenvalue weighted by atomic mass is 10.2. The lowest BCUT2D eigenvalue weighted by molar-refractivity contribution is 0.0920. The fourth-order valence-electron chi connectivity index (χ4n) is 4.66. The van der Waals surface area contributed by atoms with Crippen molar-refractivity contribution >= 4 is 28.9 Å². The fourth-order valence-corrected chi connectivity index (χ4v) is 5.56. The fraction of sp³-hybridized carbons (Fsp3) is 0.355. The van der Waals surface area contributed by atoms with E-state index in [1.54, 1.807) is 35.9 Å². The van der Waals surface area contributed by atoms with Gasteiger partial charge in [0.1, 0.15) is 23.1 Å². The Balaban J connectivity index is 1.15. The number of amides is 1. The minimum absolute atomic E-state index is 0.122. The number of thiazole rings is 1. The Morgan fingerprint density at radius 2 is 1.83 bits per heavy atom. The second-order valence-electron chi connectivity index (χ2n) is 10.2. The molecule has 1 aliphatic heterocycles. The van der Waals surface area contributed by atoms with E-state index >= 15 is 0 Å². The monoisotopic (exact) mass is 571 g/mol. The van der Waals surface area contributed by atoms with Crippen molar-refractivity contribution in [1.82, 2.24) is 30.1 Å². The van der Waals surface area contributed by atoms with E-state index in [-0.39, 0.29) is 5.91 Å². The van der Waals surface area contributed by atoms with Crippen molar-refractivity contribution < 1.29 is 9.53 Å². The van der Waals surface area contributed by atoms with Gasteiger partial charge in [-0.3, -0.25) is 14.6 Å². The first-order valence-electron chi connectivity index (χ1n) is 14.1. The molecule has 1 aromatic carbocycles. The molecule has 0 saturated carbocycles. The molecule has 0 radical (unpaired) electrons. The molecule has 0 spiro atoms. The number of rotatable bonds is 11. The van der Waals surface area contributed by atoms with E-state index in [0.717, 1.165) is 60.5 Å². The van der Waals surface area contributed by atoms with Crippen LogP contribution in [0.25, 0.3) is 11.3 Å². The van der Waals surface area contributed by atoms with Crippen LogP contribution in [0.4, 0.5) is 11.6 Å². The highest BCUT2D eigenvalue weighted by Crippen LogP contribution is 2.38. The number of nitrogens with zero attached hydrogens (tertiary/aromatic N) is 5. The van der Waals surface area contributed by atoms with E-state index in [9.17, 15) is 4.79 Å². The summed E-state index contributed by atoms with van der Waals surface area (Å²) >= 11 is 1.55. The molecule has 10 heteroatoms. The Bertz CT molecular complexity index is 1420. The van der Waals surface area contributed by atoms with Crippen LogP contribution in [0.1, 0.15) is 36.1 Å². The van der Waals surface area contributed by atoms with Gasteiger partial charge in [-0.15, -0.1) is 0 Å². The van der Waals surface area contributed by atoms with Crippen molar-refractivity contribution in [3.8, 4) is 22.1 Å². The third-order valence-electron chi connectivity index (χ3n) is 7.06. The number of hydrogen-bond acceptors (Lipinski definition) is 9. The maximum Gasteiger partial charge on any atom is 0.252 e. The molecule has 1 aliphatic rings. The topological polar surface area (TPSA) is 95.5 Å². The average Bonchev–Trinajstić information content (AvgIpc) is 3.41. The minimum atomic E-state index is -0.122. The van der Waals surface area contributed by atoms with Crippen LogP contribution in [0.5, 0.6) is 10.8 Å². The molecule has 2 N–H and O–H groups in total. The summed E-state index contributed by atoms with van der Waals surface area (Å²) in [7, 11) is 0. The van der Waals surface area contributed by atoms with Crippen LogP contribution in [-0.2, 0) is 6.42 Å². The standard InChI is InChI=1S/C31H37N7O2S/c1-4-28-36-29(23-8-6-5-7-9-23)31(41-28)40-25-12-13-32-27(20-25)35-26-11-10-24(21-34-26)30(39)33-14-15-37-16-18-38(19-17-37)22(2)3/h5-13,20-22H,4,14-19H2,1-3H3,(H,33,39)(H,32,34,35). The zero-order valence-corrected chi connectivity index (χ0v) is 24.7. The average molecular weight is 572 g/mol. The highest BCUT2D eigenvalue weighted by atomic mass is 32.1. The van der Waals surface area contributed by atoms with Crippen molar-refractivity contribution in [2.75, 3.05) is 44.6 Å². The highest BCUT2D eigenvalue weighted by Gasteiger charge is 2.19. The number of benzene rings is 1. The normalized spacial score (nSPS) is 14.2. The maximum absolute atomic E-state index is 12.6. The number of carbonyl (C=O) groups excluding carboxylic acids is 1. The van der Waals surface area contributed by atoms with Crippen LogP contribution in [0, 0.1) is 0 Å². The first-order chi connectivity index (χ1) is 20.0. The van der Waals surface area contributed by atoms with Crippen LogP contribution < -0.4 is 15.4 Å². The van der Waals surface area contributed by atoms with Gasteiger partial charge >= 0.3 is 0 Å². The van der Waals surface area contributed by atoms with E-state index < -0.39 is 0 Å². The number of aryl methyl sites for hydroxylation is 1. The molecule has 3 aromatic heterocycles. The van der Waals surface area contributed by atoms with Crippen molar-refractivity contribution in [2.45, 2.75) is 33.2 Å². The zero-order valence-electron chi connectivity index (χ0n) is 23.8. The molecule has 9 nitrogen and oxygen atoms in total. The largest absolute Gasteiger partial charge is 0.444 e. The number of pyridine rings is 2. The number of anilines is 2. The third-order valence-corrected chi connectivity index (χ3v) is 8.14. The molecule has 1 fully saturated rings. The van der Waals surface area contributed by atoms with Gasteiger partial charge in [-0.25, -0.2) is 15.0 Å². The van der Waals surface area contributed by atoms with Gasteiger partial charge in [0, 0.05) is 69.3 Å². The van der Waals surface area contributed by atoms with Crippen molar-refractivity contribution in [1.29, 1.82) is 0 Å². The number of piperazine rings is 1. The second-order valence-corrected chi connectivity index (χ2v) is 11.3. The summed E-state index contributed by atoms with van der Waals surface area (Å²) in [5, 5.41) is 7.98. The predicted molar refractivity (Wildman–Crippen MR) is 164 cm³/mol. The van der Waals surface area contributed by atoms with Crippen molar-refractivity contribution in [3.63, 3.8) is 0 Å². The van der Waals surface area contributed by atoms with Gasteiger partial charge in [0.2, 0.25) is 5.06 Å². The minimum Gasteiger partial charge on any atom is -0.444 e. The molecule has 214 valence electrons. The van der Waals surface area contributed by atoms with Crippen LogP contribution in [0.2, 0.25) is 0 Å². The summed E-state index contributed by atoms with van der Waals surface area (Å²) in [6.07, 6.45) is 4.10. The number of hydrogen-bond donors (Lipinski definition) is 2. The Kier molecular flexibility index (Phi) is 9.55. The molecule has 0 atom stereocenters. The van der Waals surface area contributed by atoms with Gasteiger partial charge in [0.15, 0.2) is 0 Å². The summed E-state index contributed by atoms with van der Waals surface area (Å²) < 4.78 is 6.27. The smallest absolute Gasteiger partial charge is 0.252 e. The van der Waals surface area contributed by atoms with Gasteiger partial charge in [-0.2, -0.15) is 0 Å². The lowest BCUT2D eigenvalue weighted by Gasteiger charge is -2.36. The van der Waals surface area contributed by atoms with Gasteiger partial charge in [-0.1, -0.05) is 48.6 Å². The van der Waals surface area contributed by atoms with Crippen molar-refractivity contribution in [3.05, 3.63) is 77.6 Å². The number of ether oxygens (including phenoxy) is 1. The number of nitrogens with one attached hydrogen (secondary N) is 2. The van der Waals surface area contributed by atoms with Gasteiger partial charge in [-0.05, 0) is 38.5 Å². The quantitative estimate of drug-likeness (QED) is 0.245. The molecule has 5 rings (SSSR count). The molecule has 4 aromatic rings. The maximum atomic E-state index is 12.6. The molecule has 0 bridgehead atoms. The predicted octanol–water partition coefficient (Wildman–Crippen LogP) is 5.45. The molecule has 1 saturated heterocycles. The molecule has 0 aliphatic carbocycles. The summed E-state index contributed by atoms with van der Waals surface area (Å²) in [6.45, 7) is 12.2. The zero-order chi connectivity index (χ0) is 28.6. The van der Waals surface area contributed by atoms with E-state index in [0.29, 0.717) is 35.5 Å². The molecular formula is C31H37N7O2S. The van der Waals surface area contributed by atoms with Gasteiger partial charge in [0.25, 0.3) is 5.91 Å². The van der Waals surface area contributed by atoms with E-state index in [4.69, 9.17) is 9.72 Å². The molecule has 0 unspecified atom stereocenters. The second kappa shape index (κ2) is 13.7. The van der Waals surface area contributed by atoms with Crippen molar-refractivity contribution in [2.24, 2.45) is 0 Å². The van der Waals surface area contributed by atoms with Crippen LogP contribution >= 0.6 is 11.3 Å². The van der Waals surface area contributed by atoms with Crippen LogP contribution in [0.3, 0.4) is 0 Å². The van der Waals surface area contributed by atoms with E-state index in [2.05, 4.69) is 51.2 Å². The Morgan fingerprint density at radius 1 is 1.02 bits per heavy atom. The number of carbonyl (C=O) groups is 1. The highest BCUT2D eigenvalue weighted by molar-refractivity contribution is 7.14. The summed E-state index contributed by atoms with van der Waals surface area (Å²) in [6, 6.07) is 17.8. The van der Waals surface area contributed by atoms with Gasteiger partial charge in [0.05, 0.1) is 10.6 Å². The summed E-state index contributed by atoms with van der Waals surface area (Å²) in [5.41, 5.74) is 2.38. The SMILES string of the molecule is CCc1nc(-c2ccccc2)c(Oc2ccnc(Nc3ccc(C(=O)NCCN4CCN(C(C)C)CC4)cn3)c2)s1. The third kappa shape index (κ3) is 7.66. The summed E-state index contributed by atoms with van der Waals surface area (Å²) in [5.74, 6) is 1.70. The Hall–Kier alpha value is -3.86. The molecule has 41 heavy (non-hydrogen) atoms. The Morgan fingerprint density at radius 3 is 2.54 bits per heavy atom. The molecule has 4 heterocycles. The first kappa shape index (κ1) is 28.7. The Labute approximate surface area is 245 Å². The summed E-state index contributed by atoms with van der Waals surface area (Å²) in [4.78, 5) is 31.1. The van der Waals surface area contributed by atoms with Crippen LogP contribution in [0.15, 0.2) is 67.0 Å². The van der Waals surface area contributed by atoms with Gasteiger partial charge < -0.3 is 15.4 Å². The first-order valence-corrected chi connectivity index (χ1v) is 15.0. The molecular weight excluding hydrogens is 534 g/mol. The van der Waals surface area contributed by atoms with E-state index in [1.165, 1.54) is 0 Å². The lowest BCUT2D eigenvalue weighted by Crippen LogP contribution is -2.50. The van der Waals surface area contributed by atoms with E-state index in [1.807, 2.05) is 42.5 Å². The molecule has 1 amide bonds. The van der Waals surface area contributed by atoms with Crippen LogP contribution in [-0.4, -0.2) is 76.0 Å².